The highest BCUT2D eigenvalue weighted by atomic mass is 16.2. The second-order valence-corrected chi connectivity index (χ2v) is 10.4. The van der Waals surface area contributed by atoms with Crippen molar-refractivity contribution >= 4 is 5.78 Å². The van der Waals surface area contributed by atoms with Gasteiger partial charge in [-0.3, -0.25) is 18.9 Å². The molecule has 0 bridgehead atoms. The van der Waals surface area contributed by atoms with E-state index in [-0.39, 0.29) is 29.4 Å². The first-order chi connectivity index (χ1) is 18.5. The number of unbranched alkanes of at least 4 members (excludes halogenated alkanes) is 1. The third-order valence-electron chi connectivity index (χ3n) is 7.84. The first-order valence-corrected chi connectivity index (χ1v) is 13.6. The van der Waals surface area contributed by atoms with Crippen molar-refractivity contribution < 1.29 is 4.79 Å². The first kappa shape index (κ1) is 25.8. The van der Waals surface area contributed by atoms with Gasteiger partial charge in [-0.1, -0.05) is 57.0 Å². The van der Waals surface area contributed by atoms with Crippen molar-refractivity contribution in [3.05, 3.63) is 70.5 Å². The number of nitrogens with zero attached hydrogens (tertiary/aromatic N) is 6. The Balaban J connectivity index is 1.46. The molecule has 1 N–H and O–H groups in total. The summed E-state index contributed by atoms with van der Waals surface area (Å²) >= 11 is 0. The summed E-state index contributed by atoms with van der Waals surface area (Å²) < 4.78 is 3.74. The fourth-order valence-corrected chi connectivity index (χ4v) is 5.83. The average molecular weight is 514 g/mol. The topological polar surface area (TPSA) is 111 Å². The Labute approximate surface area is 222 Å². The molecule has 3 aromatic heterocycles. The number of aryl methyl sites for hydroxylation is 1. The molecular weight excluding hydrogens is 478 g/mol. The summed E-state index contributed by atoms with van der Waals surface area (Å²) in [5.41, 5.74) is 4.48. The van der Waals surface area contributed by atoms with E-state index in [1.165, 1.54) is 0 Å². The molecule has 5 rings (SSSR count). The number of H-pyrrole nitrogens is 1. The maximum absolute atomic E-state index is 13.8. The maximum atomic E-state index is 13.8. The SMILES string of the molecule is CCCCc1cn(C2C(C)CCCC2C(C)=O)c(=O)n1Cc1ccc(-c2ccccc2-c2nn[nH]n2)nc1. The zero-order valence-corrected chi connectivity index (χ0v) is 22.3. The average Bonchev–Trinajstić information content (AvgIpc) is 3.57. The third kappa shape index (κ3) is 5.10. The fraction of sp³-hybridized carbons (Fsp3) is 0.448. The molecule has 38 heavy (non-hydrogen) atoms. The maximum Gasteiger partial charge on any atom is 0.328 e. The van der Waals surface area contributed by atoms with Gasteiger partial charge in [0.25, 0.3) is 0 Å². The Bertz CT molecular complexity index is 1440. The normalized spacial score (nSPS) is 19.5. The van der Waals surface area contributed by atoms with E-state index in [0.717, 1.165) is 66.6 Å². The molecule has 1 aliphatic carbocycles. The molecule has 1 saturated carbocycles. The second kappa shape index (κ2) is 11.2. The van der Waals surface area contributed by atoms with Crippen LogP contribution in [-0.2, 0) is 17.8 Å². The molecule has 198 valence electrons. The van der Waals surface area contributed by atoms with Gasteiger partial charge in [0.05, 0.1) is 18.3 Å². The van der Waals surface area contributed by atoms with Gasteiger partial charge >= 0.3 is 5.69 Å². The van der Waals surface area contributed by atoms with Gasteiger partial charge < -0.3 is 0 Å². The Kier molecular flexibility index (Phi) is 7.62. The zero-order valence-electron chi connectivity index (χ0n) is 22.3. The minimum absolute atomic E-state index is 0.0346. The molecular formula is C29H35N7O2. The quantitative estimate of drug-likeness (QED) is 0.342. The fourth-order valence-electron chi connectivity index (χ4n) is 5.83. The third-order valence-corrected chi connectivity index (χ3v) is 7.84. The highest BCUT2D eigenvalue weighted by Crippen LogP contribution is 2.38. The van der Waals surface area contributed by atoms with E-state index in [1.807, 2.05) is 57.9 Å². The van der Waals surface area contributed by atoms with Gasteiger partial charge in [-0.05, 0) is 55.4 Å². The van der Waals surface area contributed by atoms with Gasteiger partial charge in [-0.25, -0.2) is 4.79 Å². The van der Waals surface area contributed by atoms with Crippen LogP contribution in [0.1, 0.15) is 70.2 Å². The summed E-state index contributed by atoms with van der Waals surface area (Å²) in [4.78, 5) is 31.0. The minimum Gasteiger partial charge on any atom is -0.300 e. The number of aromatic amines is 1. The van der Waals surface area contributed by atoms with Gasteiger partial charge in [0.1, 0.15) is 5.78 Å². The number of imidazole rings is 1. The largest absolute Gasteiger partial charge is 0.328 e. The number of ketones is 1. The van der Waals surface area contributed by atoms with Crippen molar-refractivity contribution in [3.63, 3.8) is 0 Å². The van der Waals surface area contributed by atoms with Crippen molar-refractivity contribution in [2.75, 3.05) is 0 Å². The van der Waals surface area contributed by atoms with Crippen LogP contribution in [-0.4, -0.2) is 40.5 Å². The lowest BCUT2D eigenvalue weighted by Gasteiger charge is -2.35. The predicted molar refractivity (Wildman–Crippen MR) is 145 cm³/mol. The van der Waals surface area contributed by atoms with E-state index >= 15 is 0 Å². The molecule has 9 nitrogen and oxygen atoms in total. The molecule has 3 atom stereocenters. The summed E-state index contributed by atoms with van der Waals surface area (Å²) in [6, 6.07) is 11.7. The van der Waals surface area contributed by atoms with Crippen LogP contribution in [0.5, 0.6) is 0 Å². The molecule has 4 aromatic rings. The molecule has 1 fully saturated rings. The van der Waals surface area contributed by atoms with E-state index in [1.54, 1.807) is 6.92 Å². The van der Waals surface area contributed by atoms with E-state index in [2.05, 4.69) is 34.5 Å². The molecule has 0 saturated heterocycles. The minimum atomic E-state index is -0.105. The highest BCUT2D eigenvalue weighted by molar-refractivity contribution is 5.79. The Hall–Kier alpha value is -3.88. The number of hydrogen-bond donors (Lipinski definition) is 1. The van der Waals surface area contributed by atoms with Gasteiger partial charge in [-0.2, -0.15) is 5.21 Å². The van der Waals surface area contributed by atoms with Crippen LogP contribution in [0, 0.1) is 11.8 Å². The van der Waals surface area contributed by atoms with Crippen molar-refractivity contribution in [2.45, 2.75) is 71.9 Å². The van der Waals surface area contributed by atoms with Crippen LogP contribution in [0.15, 0.2) is 53.6 Å². The number of aromatic nitrogens is 7. The van der Waals surface area contributed by atoms with Crippen LogP contribution in [0.2, 0.25) is 0 Å². The van der Waals surface area contributed by atoms with Gasteiger partial charge in [0.2, 0.25) is 5.82 Å². The molecule has 0 aliphatic heterocycles. The van der Waals surface area contributed by atoms with Crippen molar-refractivity contribution in [2.24, 2.45) is 11.8 Å². The zero-order chi connectivity index (χ0) is 26.6. The standard InChI is InChI=1S/C29H35N7O2/c1-4-5-10-22-18-36(27-19(2)9-8-13-23(27)20(3)37)29(38)35(22)17-21-14-15-26(30-16-21)24-11-6-7-12-25(24)28-31-33-34-32-28/h6-7,11-12,14-16,18-19,23,27H,4-5,8-10,13,17H2,1-3H3,(H,31,32,33,34). The van der Waals surface area contributed by atoms with Crippen molar-refractivity contribution in [1.82, 2.24) is 34.7 Å². The number of tetrazole rings is 1. The van der Waals surface area contributed by atoms with Gasteiger partial charge in [-0.15, -0.1) is 10.2 Å². The number of benzene rings is 1. The molecule has 9 heteroatoms. The van der Waals surface area contributed by atoms with Crippen LogP contribution in [0.25, 0.3) is 22.6 Å². The van der Waals surface area contributed by atoms with Gasteiger partial charge in [0.15, 0.2) is 0 Å². The Morgan fingerprint density at radius 1 is 1.13 bits per heavy atom. The predicted octanol–water partition coefficient (Wildman–Crippen LogP) is 4.85. The van der Waals surface area contributed by atoms with E-state index < -0.39 is 0 Å². The number of nitrogens with one attached hydrogen (secondary N) is 1. The summed E-state index contributed by atoms with van der Waals surface area (Å²) in [6.45, 7) is 6.43. The number of carbonyl (C=O) groups excluding carboxylic acids is 1. The van der Waals surface area contributed by atoms with E-state index in [9.17, 15) is 9.59 Å². The molecule has 1 aromatic carbocycles. The smallest absolute Gasteiger partial charge is 0.300 e. The molecule has 0 spiro atoms. The van der Waals surface area contributed by atoms with Gasteiger partial charge in [0, 0.05) is 35.1 Å². The molecule has 0 amide bonds. The number of hydrogen-bond acceptors (Lipinski definition) is 6. The van der Waals surface area contributed by atoms with Crippen molar-refractivity contribution in [1.29, 1.82) is 0 Å². The number of rotatable bonds is 9. The number of pyridine rings is 1. The monoisotopic (exact) mass is 513 g/mol. The van der Waals surface area contributed by atoms with E-state index in [4.69, 9.17) is 4.98 Å². The number of Topliss-reactive ketones (excluding diaryl/α,β-unsaturated/α-hetero) is 1. The molecule has 3 unspecified atom stereocenters. The highest BCUT2D eigenvalue weighted by Gasteiger charge is 2.36. The molecule has 1 aliphatic rings. The van der Waals surface area contributed by atoms with Crippen LogP contribution >= 0.6 is 0 Å². The van der Waals surface area contributed by atoms with E-state index in [0.29, 0.717) is 12.4 Å². The lowest BCUT2D eigenvalue weighted by Crippen LogP contribution is -2.39. The summed E-state index contributed by atoms with van der Waals surface area (Å²) in [7, 11) is 0. The lowest BCUT2D eigenvalue weighted by molar-refractivity contribution is -0.123. The summed E-state index contributed by atoms with van der Waals surface area (Å²) in [6.07, 6.45) is 9.65. The summed E-state index contributed by atoms with van der Waals surface area (Å²) in [5.74, 6) is 0.870. The first-order valence-electron chi connectivity index (χ1n) is 13.6. The Morgan fingerprint density at radius 2 is 1.95 bits per heavy atom. The van der Waals surface area contributed by atoms with Crippen LogP contribution in [0.3, 0.4) is 0 Å². The van der Waals surface area contributed by atoms with Crippen LogP contribution < -0.4 is 5.69 Å². The Morgan fingerprint density at radius 3 is 2.63 bits per heavy atom. The second-order valence-electron chi connectivity index (χ2n) is 10.4. The lowest BCUT2D eigenvalue weighted by atomic mass is 9.76. The van der Waals surface area contributed by atoms with Crippen molar-refractivity contribution in [3.8, 4) is 22.6 Å². The van der Waals surface area contributed by atoms with Crippen LogP contribution in [0.4, 0.5) is 0 Å². The summed E-state index contributed by atoms with van der Waals surface area (Å²) in [5, 5.41) is 14.4. The molecule has 3 heterocycles. The molecule has 0 radical (unpaired) electrons. The number of carbonyl (C=O) groups is 1.